The molecule has 1 nitrogen and oxygen atoms in total. The number of hydrogen-bond donors (Lipinski definition) is 1. The lowest BCUT2D eigenvalue weighted by atomic mass is 10.1. The van der Waals surface area contributed by atoms with Gasteiger partial charge in [-0.25, -0.2) is 0 Å². The summed E-state index contributed by atoms with van der Waals surface area (Å²) in [6.07, 6.45) is 17.0. The van der Waals surface area contributed by atoms with E-state index in [4.69, 9.17) is 0 Å². The zero-order chi connectivity index (χ0) is 16.8. The Bertz CT molecular complexity index is 403. The smallest absolute Gasteiger partial charge is 0.0372 e. The minimum absolute atomic E-state index is 0. The van der Waals surface area contributed by atoms with Crippen LogP contribution in [0.1, 0.15) is 95.1 Å². The lowest BCUT2D eigenvalue weighted by molar-refractivity contribution is 0.546. The van der Waals surface area contributed by atoms with Gasteiger partial charge in [0.25, 0.3) is 0 Å². The van der Waals surface area contributed by atoms with Crippen molar-refractivity contribution >= 4 is 18.1 Å². The van der Waals surface area contributed by atoms with Crippen LogP contribution in [0.3, 0.4) is 0 Å². The number of unbranched alkanes of at least 4 members (excludes halogenated alkanes) is 11. The fraction of sp³-hybridized carbons (Fsp3) is 0.727. The van der Waals surface area contributed by atoms with Crippen molar-refractivity contribution in [3.05, 3.63) is 29.3 Å². The highest BCUT2D eigenvalue weighted by molar-refractivity contribution is 5.85. The molecule has 0 atom stereocenters. The predicted octanol–water partition coefficient (Wildman–Crippen LogP) is 7.84. The standard InChI is InChI=1S/C22H39N.ClH/c1-4-5-6-7-8-9-10-11-12-13-14-15-19-23-22-18-16-17-20(2)21(22)3;/h16-18,23H,4-15,19H2,1-3H3;1H. The molecule has 1 aromatic rings. The Labute approximate surface area is 157 Å². The molecule has 0 unspecified atom stereocenters. The average Bonchev–Trinajstić information content (AvgIpc) is 2.55. The van der Waals surface area contributed by atoms with Gasteiger partial charge in [0.2, 0.25) is 0 Å². The van der Waals surface area contributed by atoms with E-state index >= 15 is 0 Å². The van der Waals surface area contributed by atoms with Crippen LogP contribution in [0.4, 0.5) is 5.69 Å². The Hall–Kier alpha value is -0.690. The van der Waals surface area contributed by atoms with Crippen LogP contribution >= 0.6 is 12.4 Å². The maximum Gasteiger partial charge on any atom is 0.0372 e. The Morgan fingerprint density at radius 2 is 1.21 bits per heavy atom. The number of aryl methyl sites for hydroxylation is 1. The largest absolute Gasteiger partial charge is 0.385 e. The maximum absolute atomic E-state index is 3.59. The normalized spacial score (nSPS) is 10.5. The second-order valence-corrected chi connectivity index (χ2v) is 7.06. The summed E-state index contributed by atoms with van der Waals surface area (Å²) in [5.41, 5.74) is 4.09. The first-order valence-corrected chi connectivity index (χ1v) is 10.1. The summed E-state index contributed by atoms with van der Waals surface area (Å²) in [6, 6.07) is 6.53. The molecular weight excluding hydrogens is 314 g/mol. The molecule has 2 heteroatoms. The third-order valence-electron chi connectivity index (χ3n) is 4.95. The van der Waals surface area contributed by atoms with E-state index in [2.05, 4.69) is 44.3 Å². The lowest BCUT2D eigenvalue weighted by Crippen LogP contribution is -2.03. The highest BCUT2D eigenvalue weighted by atomic mass is 35.5. The van der Waals surface area contributed by atoms with Crippen LogP contribution in [0.15, 0.2) is 18.2 Å². The van der Waals surface area contributed by atoms with E-state index in [-0.39, 0.29) is 12.4 Å². The summed E-state index contributed by atoms with van der Waals surface area (Å²) in [5, 5.41) is 3.59. The van der Waals surface area contributed by atoms with E-state index in [0.29, 0.717) is 0 Å². The summed E-state index contributed by atoms with van der Waals surface area (Å²) in [6.45, 7) is 7.80. The second kappa shape index (κ2) is 15.8. The van der Waals surface area contributed by atoms with Crippen molar-refractivity contribution < 1.29 is 0 Å². The number of rotatable bonds is 14. The van der Waals surface area contributed by atoms with Crippen LogP contribution in [0.25, 0.3) is 0 Å². The number of nitrogens with one attached hydrogen (secondary N) is 1. The molecule has 0 aliphatic heterocycles. The van der Waals surface area contributed by atoms with Crippen LogP contribution in [-0.2, 0) is 0 Å². The number of hydrogen-bond acceptors (Lipinski definition) is 1. The molecule has 1 rings (SSSR count). The molecule has 0 radical (unpaired) electrons. The highest BCUT2D eigenvalue weighted by Crippen LogP contribution is 2.18. The number of benzene rings is 1. The fourth-order valence-corrected chi connectivity index (χ4v) is 3.13. The van der Waals surface area contributed by atoms with Crippen molar-refractivity contribution in [2.45, 2.75) is 97.8 Å². The van der Waals surface area contributed by atoms with Gasteiger partial charge in [-0.1, -0.05) is 89.7 Å². The molecule has 0 aromatic heterocycles. The van der Waals surface area contributed by atoms with E-state index in [1.165, 1.54) is 93.9 Å². The minimum atomic E-state index is 0. The monoisotopic (exact) mass is 353 g/mol. The lowest BCUT2D eigenvalue weighted by Gasteiger charge is -2.11. The van der Waals surface area contributed by atoms with Crippen molar-refractivity contribution in [1.82, 2.24) is 0 Å². The van der Waals surface area contributed by atoms with Crippen LogP contribution in [0.2, 0.25) is 0 Å². The van der Waals surface area contributed by atoms with Crippen molar-refractivity contribution in [3.63, 3.8) is 0 Å². The molecule has 0 aliphatic rings. The Balaban J connectivity index is 0.00000529. The van der Waals surface area contributed by atoms with Crippen LogP contribution < -0.4 is 5.32 Å². The van der Waals surface area contributed by atoms with Crippen molar-refractivity contribution in [2.24, 2.45) is 0 Å². The van der Waals surface area contributed by atoms with Gasteiger partial charge in [-0.05, 0) is 37.5 Å². The molecule has 0 fully saturated rings. The molecular formula is C22H40ClN. The van der Waals surface area contributed by atoms with E-state index in [9.17, 15) is 0 Å². The average molecular weight is 354 g/mol. The fourth-order valence-electron chi connectivity index (χ4n) is 3.13. The molecule has 0 amide bonds. The van der Waals surface area contributed by atoms with E-state index in [1.54, 1.807) is 0 Å². The molecule has 0 saturated carbocycles. The first-order chi connectivity index (χ1) is 11.3. The van der Waals surface area contributed by atoms with Gasteiger partial charge in [0.15, 0.2) is 0 Å². The Kier molecular flexibility index (Phi) is 15.4. The van der Waals surface area contributed by atoms with Gasteiger partial charge in [-0.15, -0.1) is 12.4 Å². The van der Waals surface area contributed by atoms with Crippen LogP contribution in [-0.4, -0.2) is 6.54 Å². The van der Waals surface area contributed by atoms with E-state index in [1.807, 2.05) is 0 Å². The third kappa shape index (κ3) is 11.0. The second-order valence-electron chi connectivity index (χ2n) is 7.06. The van der Waals surface area contributed by atoms with Gasteiger partial charge < -0.3 is 5.32 Å². The SMILES string of the molecule is CCCCCCCCCCCCCCNc1cccc(C)c1C.Cl. The number of halogens is 1. The zero-order valence-corrected chi connectivity index (χ0v) is 17.1. The molecule has 24 heavy (non-hydrogen) atoms. The topological polar surface area (TPSA) is 12.0 Å². The van der Waals surface area contributed by atoms with Gasteiger partial charge in [-0.3, -0.25) is 0 Å². The molecule has 0 saturated heterocycles. The van der Waals surface area contributed by atoms with Crippen LogP contribution in [0.5, 0.6) is 0 Å². The number of anilines is 1. The van der Waals surface area contributed by atoms with Gasteiger partial charge >= 0.3 is 0 Å². The van der Waals surface area contributed by atoms with Crippen molar-refractivity contribution in [3.8, 4) is 0 Å². The maximum atomic E-state index is 3.59. The summed E-state index contributed by atoms with van der Waals surface area (Å²) < 4.78 is 0. The summed E-state index contributed by atoms with van der Waals surface area (Å²) in [4.78, 5) is 0. The van der Waals surface area contributed by atoms with E-state index in [0.717, 1.165) is 6.54 Å². The van der Waals surface area contributed by atoms with Crippen LogP contribution in [0, 0.1) is 13.8 Å². The van der Waals surface area contributed by atoms with E-state index < -0.39 is 0 Å². The molecule has 140 valence electrons. The predicted molar refractivity (Wildman–Crippen MR) is 113 cm³/mol. The first-order valence-electron chi connectivity index (χ1n) is 10.1. The summed E-state index contributed by atoms with van der Waals surface area (Å²) in [7, 11) is 0. The molecule has 0 heterocycles. The van der Waals surface area contributed by atoms with Gasteiger partial charge in [-0.2, -0.15) is 0 Å². The van der Waals surface area contributed by atoms with Crippen molar-refractivity contribution in [1.29, 1.82) is 0 Å². The summed E-state index contributed by atoms with van der Waals surface area (Å²) in [5.74, 6) is 0. The molecule has 1 N–H and O–H groups in total. The van der Waals surface area contributed by atoms with Gasteiger partial charge in [0.05, 0.1) is 0 Å². The highest BCUT2D eigenvalue weighted by Gasteiger charge is 1.99. The molecule has 0 bridgehead atoms. The third-order valence-corrected chi connectivity index (χ3v) is 4.95. The quantitative estimate of drug-likeness (QED) is 0.336. The molecule has 0 spiro atoms. The van der Waals surface area contributed by atoms with Crippen molar-refractivity contribution in [2.75, 3.05) is 11.9 Å². The first kappa shape index (κ1) is 23.3. The Morgan fingerprint density at radius 1 is 0.708 bits per heavy atom. The Morgan fingerprint density at radius 3 is 1.75 bits per heavy atom. The zero-order valence-electron chi connectivity index (χ0n) is 16.3. The molecule has 0 aliphatic carbocycles. The summed E-state index contributed by atoms with van der Waals surface area (Å²) >= 11 is 0. The molecule has 1 aromatic carbocycles. The minimum Gasteiger partial charge on any atom is -0.385 e. The van der Waals surface area contributed by atoms with Gasteiger partial charge in [0, 0.05) is 12.2 Å². The van der Waals surface area contributed by atoms with Gasteiger partial charge in [0.1, 0.15) is 0 Å².